The predicted octanol–water partition coefficient (Wildman–Crippen LogP) is 4.12. The molecule has 0 N–H and O–H groups in total. The molecule has 0 aliphatic rings. The molecule has 2 aromatic rings. The van der Waals surface area contributed by atoms with Gasteiger partial charge in [0.25, 0.3) is 0 Å². The number of carbonyl (C=O) groups is 1. The normalized spacial score (nSPS) is 10.2. The second kappa shape index (κ2) is 6.53. The van der Waals surface area contributed by atoms with Gasteiger partial charge in [-0.3, -0.25) is 0 Å². The Balaban J connectivity index is 2.01. The summed E-state index contributed by atoms with van der Waals surface area (Å²) >= 11 is 3.40. The van der Waals surface area contributed by atoms with Gasteiger partial charge in [0, 0.05) is 5.33 Å². The van der Waals surface area contributed by atoms with Crippen molar-refractivity contribution in [3.8, 4) is 0 Å². The van der Waals surface area contributed by atoms with Gasteiger partial charge in [0.05, 0.1) is 5.56 Å². The summed E-state index contributed by atoms with van der Waals surface area (Å²) in [5.41, 5.74) is 3.53. The van der Waals surface area contributed by atoms with Crippen LogP contribution in [0.15, 0.2) is 48.5 Å². The first-order valence-corrected chi connectivity index (χ1v) is 7.05. The maximum atomic E-state index is 11.8. The molecular formula is C16H14BrO2. The van der Waals surface area contributed by atoms with E-state index < -0.39 is 0 Å². The van der Waals surface area contributed by atoms with E-state index in [1.807, 2.05) is 36.4 Å². The lowest BCUT2D eigenvalue weighted by Gasteiger charge is -2.08. The minimum Gasteiger partial charge on any atom is -0.457 e. The van der Waals surface area contributed by atoms with Gasteiger partial charge in [0.15, 0.2) is 0 Å². The number of hydrogen-bond acceptors (Lipinski definition) is 2. The van der Waals surface area contributed by atoms with Crippen molar-refractivity contribution >= 4 is 21.9 Å². The average molecular weight is 318 g/mol. The van der Waals surface area contributed by atoms with Crippen LogP contribution in [0, 0.1) is 6.92 Å². The summed E-state index contributed by atoms with van der Waals surface area (Å²) < 4.78 is 5.28. The van der Waals surface area contributed by atoms with Crippen molar-refractivity contribution in [2.45, 2.75) is 11.9 Å². The lowest BCUT2D eigenvalue weighted by molar-refractivity contribution is 0.0472. The number of halogens is 1. The fourth-order valence-corrected chi connectivity index (χ4v) is 2.05. The quantitative estimate of drug-likeness (QED) is 0.626. The van der Waals surface area contributed by atoms with Crippen molar-refractivity contribution < 1.29 is 9.53 Å². The molecular weight excluding hydrogens is 304 g/mol. The van der Waals surface area contributed by atoms with Crippen molar-refractivity contribution in [2.75, 3.05) is 0 Å². The summed E-state index contributed by atoms with van der Waals surface area (Å²) in [5.74, 6) is -0.315. The molecule has 0 spiro atoms. The van der Waals surface area contributed by atoms with Crippen molar-refractivity contribution in [2.24, 2.45) is 0 Å². The SMILES string of the molecule is [CH2]c1cc(CBr)ccc1COC(=O)c1ccccc1. The number of ether oxygens (including phenoxy) is 1. The van der Waals surface area contributed by atoms with Crippen LogP contribution < -0.4 is 0 Å². The number of benzene rings is 2. The van der Waals surface area contributed by atoms with Crippen LogP contribution in [0.25, 0.3) is 0 Å². The molecule has 97 valence electrons. The van der Waals surface area contributed by atoms with Gasteiger partial charge in [-0.05, 0) is 35.7 Å². The first-order valence-electron chi connectivity index (χ1n) is 5.92. The van der Waals surface area contributed by atoms with Gasteiger partial charge in [-0.15, -0.1) is 0 Å². The summed E-state index contributed by atoms with van der Waals surface area (Å²) in [6, 6.07) is 14.9. The van der Waals surface area contributed by atoms with Gasteiger partial charge >= 0.3 is 5.97 Å². The number of alkyl halides is 1. The van der Waals surface area contributed by atoms with Gasteiger partial charge in [0.2, 0.25) is 0 Å². The summed E-state index contributed by atoms with van der Waals surface area (Å²) in [6.45, 7) is 4.21. The van der Waals surface area contributed by atoms with Gasteiger partial charge in [-0.2, -0.15) is 0 Å². The molecule has 19 heavy (non-hydrogen) atoms. The molecule has 2 rings (SSSR count). The maximum absolute atomic E-state index is 11.8. The second-order valence-corrected chi connectivity index (χ2v) is 4.74. The van der Waals surface area contributed by atoms with Gasteiger partial charge in [-0.1, -0.05) is 52.3 Å². The molecule has 0 unspecified atom stereocenters. The first-order chi connectivity index (χ1) is 9.20. The van der Waals surface area contributed by atoms with Crippen LogP contribution in [0.2, 0.25) is 0 Å². The monoisotopic (exact) mass is 317 g/mol. The Morgan fingerprint density at radius 3 is 2.53 bits per heavy atom. The van der Waals surface area contributed by atoms with E-state index in [2.05, 4.69) is 22.9 Å². The van der Waals surface area contributed by atoms with Crippen LogP contribution in [0.1, 0.15) is 27.0 Å². The maximum Gasteiger partial charge on any atom is 0.338 e. The molecule has 0 bridgehead atoms. The van der Waals surface area contributed by atoms with Crippen LogP contribution in [-0.4, -0.2) is 5.97 Å². The molecule has 0 amide bonds. The fraction of sp³-hybridized carbons (Fsp3) is 0.125. The van der Waals surface area contributed by atoms with E-state index in [9.17, 15) is 4.79 Å². The minimum absolute atomic E-state index is 0.245. The van der Waals surface area contributed by atoms with E-state index in [-0.39, 0.29) is 12.6 Å². The molecule has 0 atom stereocenters. The van der Waals surface area contributed by atoms with Crippen molar-refractivity contribution in [1.82, 2.24) is 0 Å². The van der Waals surface area contributed by atoms with Crippen LogP contribution in [-0.2, 0) is 16.7 Å². The predicted molar refractivity (Wildman–Crippen MR) is 79.1 cm³/mol. The third-order valence-corrected chi connectivity index (χ3v) is 3.44. The second-order valence-electron chi connectivity index (χ2n) is 4.18. The van der Waals surface area contributed by atoms with Crippen molar-refractivity contribution in [3.63, 3.8) is 0 Å². The Kier molecular flexibility index (Phi) is 4.74. The number of hydrogen-bond donors (Lipinski definition) is 0. The lowest BCUT2D eigenvalue weighted by Crippen LogP contribution is -2.05. The summed E-state index contributed by atoms with van der Waals surface area (Å²) in [6.07, 6.45) is 0. The molecule has 1 radical (unpaired) electrons. The molecule has 0 saturated carbocycles. The van der Waals surface area contributed by atoms with Gasteiger partial charge in [0.1, 0.15) is 6.61 Å². The third kappa shape index (κ3) is 3.67. The fourth-order valence-electron chi connectivity index (χ4n) is 1.70. The first kappa shape index (κ1) is 13.8. The van der Waals surface area contributed by atoms with Crippen molar-refractivity contribution in [3.05, 3.63) is 77.7 Å². The summed E-state index contributed by atoms with van der Waals surface area (Å²) in [4.78, 5) is 11.8. The number of carbonyl (C=O) groups excluding carboxylic acids is 1. The highest BCUT2D eigenvalue weighted by Crippen LogP contribution is 2.15. The average Bonchev–Trinajstić information content (AvgIpc) is 2.46. The van der Waals surface area contributed by atoms with E-state index in [1.54, 1.807) is 12.1 Å². The molecule has 0 aliphatic carbocycles. The van der Waals surface area contributed by atoms with E-state index in [0.29, 0.717) is 5.56 Å². The lowest BCUT2D eigenvalue weighted by atomic mass is 10.1. The molecule has 2 nitrogen and oxygen atoms in total. The Bertz CT molecular complexity index is 564. The molecule has 0 aliphatic heterocycles. The topological polar surface area (TPSA) is 26.3 Å². The van der Waals surface area contributed by atoms with Gasteiger partial charge < -0.3 is 4.74 Å². The molecule has 2 aromatic carbocycles. The highest BCUT2D eigenvalue weighted by atomic mass is 79.9. The van der Waals surface area contributed by atoms with Gasteiger partial charge in [-0.25, -0.2) is 4.79 Å². The number of rotatable bonds is 4. The van der Waals surface area contributed by atoms with Crippen LogP contribution in [0.4, 0.5) is 0 Å². The van der Waals surface area contributed by atoms with E-state index in [4.69, 9.17) is 4.74 Å². The molecule has 3 heteroatoms. The molecule has 0 saturated heterocycles. The Morgan fingerprint density at radius 1 is 1.16 bits per heavy atom. The largest absolute Gasteiger partial charge is 0.457 e. The standard InChI is InChI=1S/C16H14BrO2/c1-12-9-13(10-17)7-8-15(12)11-19-16(18)14-5-3-2-4-6-14/h2-9H,1,10-11H2. The highest BCUT2D eigenvalue weighted by molar-refractivity contribution is 9.08. The van der Waals surface area contributed by atoms with Crippen LogP contribution >= 0.6 is 15.9 Å². The molecule has 0 fully saturated rings. The minimum atomic E-state index is -0.315. The highest BCUT2D eigenvalue weighted by Gasteiger charge is 2.07. The van der Waals surface area contributed by atoms with Crippen LogP contribution in [0.5, 0.6) is 0 Å². The summed E-state index contributed by atoms with van der Waals surface area (Å²) in [7, 11) is 0. The Morgan fingerprint density at radius 2 is 1.89 bits per heavy atom. The Labute approximate surface area is 121 Å². The Hall–Kier alpha value is -1.61. The number of esters is 1. The smallest absolute Gasteiger partial charge is 0.338 e. The van der Waals surface area contributed by atoms with E-state index in [1.165, 1.54) is 0 Å². The summed E-state index contributed by atoms with van der Waals surface area (Å²) in [5, 5.41) is 0.791. The van der Waals surface area contributed by atoms with E-state index >= 15 is 0 Å². The molecule has 0 heterocycles. The zero-order valence-corrected chi connectivity index (χ0v) is 12.0. The van der Waals surface area contributed by atoms with Crippen molar-refractivity contribution in [1.29, 1.82) is 0 Å². The zero-order valence-electron chi connectivity index (χ0n) is 10.4. The molecule has 0 aromatic heterocycles. The third-order valence-electron chi connectivity index (χ3n) is 2.79. The zero-order chi connectivity index (χ0) is 13.7. The van der Waals surface area contributed by atoms with E-state index in [0.717, 1.165) is 22.0 Å². The van der Waals surface area contributed by atoms with Crippen LogP contribution in [0.3, 0.4) is 0 Å².